The highest BCUT2D eigenvalue weighted by molar-refractivity contribution is 9.10. The smallest absolute Gasteiger partial charge is 0.356 e. The van der Waals surface area contributed by atoms with Gasteiger partial charge in [0.2, 0.25) is 0 Å². The fourth-order valence-corrected chi connectivity index (χ4v) is 1.90. The summed E-state index contributed by atoms with van der Waals surface area (Å²) in [4.78, 5) is 10.8. The zero-order chi connectivity index (χ0) is 13.4. The second-order valence-corrected chi connectivity index (χ2v) is 4.42. The molecule has 0 bridgehead atoms. The molecule has 1 heterocycles. The van der Waals surface area contributed by atoms with Gasteiger partial charge in [-0.1, -0.05) is 0 Å². The zero-order valence-corrected chi connectivity index (χ0v) is 10.7. The number of benzene rings is 1. The minimum Gasteiger partial charge on any atom is -0.476 e. The van der Waals surface area contributed by atoms with E-state index in [2.05, 4.69) is 21.0 Å². The highest BCUT2D eigenvalue weighted by Crippen LogP contribution is 2.30. The molecule has 1 aromatic heterocycles. The van der Waals surface area contributed by atoms with Gasteiger partial charge in [0.05, 0.1) is 15.7 Å². The summed E-state index contributed by atoms with van der Waals surface area (Å²) >= 11 is 2.95. The summed E-state index contributed by atoms with van der Waals surface area (Å²) in [5.41, 5.74) is -0.526. The number of carboxylic acids is 1. The van der Waals surface area contributed by atoms with Crippen LogP contribution in [0.1, 0.15) is 10.5 Å². The van der Waals surface area contributed by atoms with Crippen molar-refractivity contribution in [2.24, 2.45) is 7.05 Å². The first-order valence-electron chi connectivity index (χ1n) is 4.83. The minimum absolute atomic E-state index is 0.0590. The van der Waals surface area contributed by atoms with Gasteiger partial charge in [0, 0.05) is 7.05 Å². The van der Waals surface area contributed by atoms with E-state index in [1.807, 2.05) is 0 Å². The molecule has 2 aromatic rings. The van der Waals surface area contributed by atoms with Crippen molar-refractivity contribution in [3.63, 3.8) is 0 Å². The predicted molar refractivity (Wildman–Crippen MR) is 63.2 cm³/mol. The Bertz CT molecular complexity index is 640. The first kappa shape index (κ1) is 12.7. The molecule has 18 heavy (non-hydrogen) atoms. The summed E-state index contributed by atoms with van der Waals surface area (Å²) in [6.45, 7) is 0. The largest absolute Gasteiger partial charge is 0.476 e. The van der Waals surface area contributed by atoms with Gasteiger partial charge < -0.3 is 5.11 Å². The third kappa shape index (κ3) is 2.01. The third-order valence-corrected chi connectivity index (χ3v) is 3.01. The topological polar surface area (TPSA) is 55.1 Å². The number of halogens is 3. The lowest BCUT2D eigenvalue weighted by molar-refractivity contribution is 0.0689. The second-order valence-electron chi connectivity index (χ2n) is 3.56. The van der Waals surface area contributed by atoms with Crippen LogP contribution in [0.3, 0.4) is 0 Å². The van der Waals surface area contributed by atoms with Gasteiger partial charge in [0.15, 0.2) is 5.69 Å². The molecule has 94 valence electrons. The van der Waals surface area contributed by atoms with Gasteiger partial charge in [-0.3, -0.25) is 4.68 Å². The summed E-state index contributed by atoms with van der Waals surface area (Å²) in [7, 11) is 1.42. The van der Waals surface area contributed by atoms with Gasteiger partial charge >= 0.3 is 5.97 Å². The monoisotopic (exact) mass is 316 g/mol. The highest BCUT2D eigenvalue weighted by Gasteiger charge is 2.20. The van der Waals surface area contributed by atoms with Crippen LogP contribution >= 0.6 is 15.9 Å². The Kier molecular flexibility index (Phi) is 3.16. The molecule has 0 radical (unpaired) electrons. The van der Waals surface area contributed by atoms with E-state index in [-0.39, 0.29) is 21.4 Å². The average Bonchev–Trinajstić information content (AvgIpc) is 2.67. The number of nitrogens with zero attached hydrogens (tertiary/aromatic N) is 2. The Morgan fingerprint density at radius 1 is 1.44 bits per heavy atom. The van der Waals surface area contributed by atoms with Crippen LogP contribution < -0.4 is 0 Å². The van der Waals surface area contributed by atoms with Crippen LogP contribution in [-0.4, -0.2) is 20.9 Å². The van der Waals surface area contributed by atoms with Gasteiger partial charge in [-0.15, -0.1) is 0 Å². The van der Waals surface area contributed by atoms with Crippen LogP contribution in [0.4, 0.5) is 8.78 Å². The van der Waals surface area contributed by atoms with Crippen molar-refractivity contribution in [1.82, 2.24) is 9.78 Å². The number of carboxylic acid groups (broad SMARTS) is 1. The zero-order valence-electron chi connectivity index (χ0n) is 9.12. The molecule has 2 rings (SSSR count). The lowest BCUT2D eigenvalue weighted by Crippen LogP contribution is -2.00. The Balaban J connectivity index is 2.69. The molecule has 0 fully saturated rings. The Labute approximate surface area is 109 Å². The number of aromatic carboxylic acids is 1. The lowest BCUT2D eigenvalue weighted by atomic mass is 10.1. The molecule has 0 aliphatic heterocycles. The predicted octanol–water partition coefficient (Wildman–Crippen LogP) is 2.83. The number of hydrogen-bond acceptors (Lipinski definition) is 2. The van der Waals surface area contributed by atoms with Gasteiger partial charge in [0.25, 0.3) is 0 Å². The van der Waals surface area contributed by atoms with Gasteiger partial charge in [-0.05, 0) is 34.1 Å². The second kappa shape index (κ2) is 4.49. The summed E-state index contributed by atoms with van der Waals surface area (Å²) in [6, 6.07) is 3.45. The fraction of sp³-hybridized carbons (Fsp3) is 0.0909. The standard InChI is InChI=1S/C11H7BrF2N2O2/c1-16-8(4-7(15-16)11(17)18)9-6(13)3-2-5(12)10(9)14/h2-4H,1H3,(H,17,18). The number of hydrogen-bond donors (Lipinski definition) is 1. The van der Waals surface area contributed by atoms with E-state index in [1.165, 1.54) is 13.1 Å². The van der Waals surface area contributed by atoms with Crippen molar-refractivity contribution in [1.29, 1.82) is 0 Å². The minimum atomic E-state index is -1.26. The highest BCUT2D eigenvalue weighted by atomic mass is 79.9. The maximum Gasteiger partial charge on any atom is 0.356 e. The molecular formula is C11H7BrF2N2O2. The molecule has 0 saturated carbocycles. The molecule has 1 aromatic carbocycles. The molecule has 0 atom stereocenters. The quantitative estimate of drug-likeness (QED) is 0.867. The van der Waals surface area contributed by atoms with E-state index in [9.17, 15) is 13.6 Å². The molecule has 1 N–H and O–H groups in total. The van der Waals surface area contributed by atoms with Crippen molar-refractivity contribution in [2.45, 2.75) is 0 Å². The summed E-state index contributed by atoms with van der Waals surface area (Å²) < 4.78 is 28.7. The van der Waals surface area contributed by atoms with Crippen molar-refractivity contribution in [3.05, 3.63) is 40.0 Å². The van der Waals surface area contributed by atoms with Crippen LogP contribution in [0.25, 0.3) is 11.3 Å². The van der Waals surface area contributed by atoms with Crippen LogP contribution in [0.5, 0.6) is 0 Å². The van der Waals surface area contributed by atoms with E-state index in [0.29, 0.717) is 0 Å². The van der Waals surface area contributed by atoms with Crippen LogP contribution in [0, 0.1) is 11.6 Å². The Morgan fingerprint density at radius 2 is 2.11 bits per heavy atom. The molecule has 0 spiro atoms. The number of carbonyl (C=O) groups is 1. The van der Waals surface area contributed by atoms with Gasteiger partial charge in [-0.2, -0.15) is 5.10 Å². The van der Waals surface area contributed by atoms with Crippen molar-refractivity contribution < 1.29 is 18.7 Å². The fourth-order valence-electron chi connectivity index (χ4n) is 1.57. The number of aromatic nitrogens is 2. The van der Waals surface area contributed by atoms with E-state index in [1.54, 1.807) is 0 Å². The first-order valence-corrected chi connectivity index (χ1v) is 5.62. The molecular weight excluding hydrogens is 310 g/mol. The molecule has 0 aliphatic rings. The van der Waals surface area contributed by atoms with Gasteiger partial charge in [-0.25, -0.2) is 13.6 Å². The molecule has 0 amide bonds. The SMILES string of the molecule is Cn1nc(C(=O)O)cc1-c1c(F)ccc(Br)c1F. The number of aryl methyl sites for hydroxylation is 1. The van der Waals surface area contributed by atoms with Crippen LogP contribution in [0.2, 0.25) is 0 Å². The maximum atomic E-state index is 13.9. The molecule has 0 unspecified atom stereocenters. The Morgan fingerprint density at radius 3 is 2.67 bits per heavy atom. The van der Waals surface area contributed by atoms with Crippen LogP contribution in [0.15, 0.2) is 22.7 Å². The van der Waals surface area contributed by atoms with Crippen molar-refractivity contribution in [3.8, 4) is 11.3 Å². The van der Waals surface area contributed by atoms with E-state index in [4.69, 9.17) is 5.11 Å². The molecule has 0 saturated heterocycles. The Hall–Kier alpha value is -1.76. The first-order chi connectivity index (χ1) is 8.41. The van der Waals surface area contributed by atoms with Gasteiger partial charge in [0.1, 0.15) is 11.6 Å². The third-order valence-electron chi connectivity index (χ3n) is 2.40. The summed E-state index contributed by atoms with van der Waals surface area (Å²) in [6.07, 6.45) is 0. The molecule has 0 aliphatic carbocycles. The molecule has 7 heteroatoms. The van der Waals surface area contributed by atoms with Crippen LogP contribution in [-0.2, 0) is 7.05 Å². The number of rotatable bonds is 2. The lowest BCUT2D eigenvalue weighted by Gasteiger charge is -2.06. The maximum absolute atomic E-state index is 13.9. The van der Waals surface area contributed by atoms with Crippen molar-refractivity contribution in [2.75, 3.05) is 0 Å². The molecule has 4 nitrogen and oxygen atoms in total. The normalized spacial score (nSPS) is 10.7. The van der Waals surface area contributed by atoms with E-state index >= 15 is 0 Å². The average molecular weight is 317 g/mol. The summed E-state index contributed by atoms with van der Waals surface area (Å²) in [5.74, 6) is -2.83. The van der Waals surface area contributed by atoms with E-state index < -0.39 is 17.6 Å². The van der Waals surface area contributed by atoms with Crippen molar-refractivity contribution >= 4 is 21.9 Å². The van der Waals surface area contributed by atoms with E-state index in [0.717, 1.165) is 16.8 Å². The summed E-state index contributed by atoms with van der Waals surface area (Å²) in [5, 5.41) is 12.5.